The van der Waals surface area contributed by atoms with Gasteiger partial charge >= 0.3 is 0 Å². The number of para-hydroxylation sites is 1. The van der Waals surface area contributed by atoms with E-state index in [0.29, 0.717) is 5.82 Å². The zero-order valence-corrected chi connectivity index (χ0v) is 10.3. The smallest absolute Gasteiger partial charge is 0.199 e. The molecule has 0 unspecified atom stereocenters. The van der Waals surface area contributed by atoms with Crippen molar-refractivity contribution in [3.8, 4) is 11.5 Å². The maximum Gasteiger partial charge on any atom is 0.199 e. The van der Waals surface area contributed by atoms with E-state index in [9.17, 15) is 0 Å². The zero-order valence-electron chi connectivity index (χ0n) is 10.3. The van der Waals surface area contributed by atoms with Crippen LogP contribution in [0.5, 0.6) is 0 Å². The molecule has 0 aliphatic rings. The lowest BCUT2D eigenvalue weighted by Gasteiger charge is -1.95. The van der Waals surface area contributed by atoms with E-state index in [2.05, 4.69) is 37.3 Å². The zero-order chi connectivity index (χ0) is 12.8. The number of rotatable bonds is 1. The first-order valence-corrected chi connectivity index (χ1v) is 6.07. The third kappa shape index (κ3) is 1.52. The van der Waals surface area contributed by atoms with Crippen LogP contribution in [0.1, 0.15) is 5.82 Å². The molecule has 0 aliphatic carbocycles. The van der Waals surface area contributed by atoms with Gasteiger partial charge in [0.15, 0.2) is 5.82 Å². The van der Waals surface area contributed by atoms with Gasteiger partial charge < -0.3 is 4.98 Å². The van der Waals surface area contributed by atoms with Crippen LogP contribution in [0.2, 0.25) is 0 Å². The van der Waals surface area contributed by atoms with E-state index in [0.717, 1.165) is 27.9 Å². The van der Waals surface area contributed by atoms with Crippen molar-refractivity contribution in [3.05, 3.63) is 42.4 Å². The van der Waals surface area contributed by atoms with Crippen LogP contribution >= 0.6 is 0 Å². The van der Waals surface area contributed by atoms with Crippen LogP contribution in [-0.2, 0) is 0 Å². The van der Waals surface area contributed by atoms with E-state index in [4.69, 9.17) is 0 Å². The molecule has 0 atom stereocenters. The highest BCUT2D eigenvalue weighted by Gasteiger charge is 2.09. The number of benzene rings is 1. The number of nitrogens with zero attached hydrogens (tertiary/aromatic N) is 3. The fourth-order valence-corrected chi connectivity index (χ4v) is 2.33. The van der Waals surface area contributed by atoms with Crippen molar-refractivity contribution in [2.45, 2.75) is 6.92 Å². The molecule has 0 fully saturated rings. The summed E-state index contributed by atoms with van der Waals surface area (Å²) in [5, 5.41) is 9.32. The quantitative estimate of drug-likeness (QED) is 0.545. The van der Waals surface area contributed by atoms with Crippen molar-refractivity contribution in [1.29, 1.82) is 0 Å². The van der Waals surface area contributed by atoms with E-state index in [1.54, 1.807) is 0 Å². The van der Waals surface area contributed by atoms with E-state index in [1.165, 1.54) is 5.39 Å². The van der Waals surface area contributed by atoms with Gasteiger partial charge in [0, 0.05) is 16.3 Å². The highest BCUT2D eigenvalue weighted by atomic mass is 15.2. The number of nitrogens with one attached hydrogen (secondary N) is 2. The maximum atomic E-state index is 4.41. The van der Waals surface area contributed by atoms with E-state index in [1.807, 2.05) is 31.3 Å². The minimum Gasteiger partial charge on any atom is -0.353 e. The van der Waals surface area contributed by atoms with Gasteiger partial charge in [-0.3, -0.25) is 10.1 Å². The summed E-state index contributed by atoms with van der Waals surface area (Å²) >= 11 is 0. The number of pyridine rings is 1. The number of aromatic amines is 2. The average molecular weight is 249 g/mol. The molecule has 0 spiro atoms. The molecule has 0 saturated heterocycles. The third-order valence-corrected chi connectivity index (χ3v) is 3.22. The first-order valence-electron chi connectivity index (χ1n) is 6.07. The van der Waals surface area contributed by atoms with Gasteiger partial charge in [-0.15, -0.1) is 0 Å². The molecule has 0 bridgehead atoms. The highest BCUT2D eigenvalue weighted by molar-refractivity contribution is 6.07. The van der Waals surface area contributed by atoms with Crippen molar-refractivity contribution in [1.82, 2.24) is 25.1 Å². The van der Waals surface area contributed by atoms with Crippen LogP contribution in [0.25, 0.3) is 33.3 Å². The van der Waals surface area contributed by atoms with Gasteiger partial charge in [-0.05, 0) is 19.1 Å². The van der Waals surface area contributed by atoms with Crippen molar-refractivity contribution in [2.24, 2.45) is 0 Å². The number of aryl methyl sites for hydroxylation is 1. The predicted molar refractivity (Wildman–Crippen MR) is 73.7 cm³/mol. The topological polar surface area (TPSA) is 70.2 Å². The molecule has 2 N–H and O–H groups in total. The molecule has 0 aliphatic heterocycles. The maximum absolute atomic E-state index is 4.41. The Morgan fingerprint density at radius 1 is 1.05 bits per heavy atom. The molecule has 92 valence electrons. The Morgan fingerprint density at radius 3 is 2.79 bits per heavy atom. The first-order chi connectivity index (χ1) is 9.31. The van der Waals surface area contributed by atoms with Crippen molar-refractivity contribution >= 4 is 21.8 Å². The molecule has 4 aromatic rings. The average Bonchev–Trinajstić information content (AvgIpc) is 3.01. The molecule has 3 aromatic heterocycles. The van der Waals surface area contributed by atoms with Crippen LogP contribution in [-0.4, -0.2) is 25.1 Å². The van der Waals surface area contributed by atoms with Gasteiger partial charge in [0.05, 0.1) is 11.7 Å². The van der Waals surface area contributed by atoms with Gasteiger partial charge in [0.2, 0.25) is 0 Å². The van der Waals surface area contributed by atoms with Gasteiger partial charge in [0.1, 0.15) is 11.5 Å². The Hall–Kier alpha value is -2.69. The first kappa shape index (κ1) is 10.3. The molecule has 1 aromatic carbocycles. The number of hydrogen-bond donors (Lipinski definition) is 2. The molecular weight excluding hydrogens is 238 g/mol. The fraction of sp³-hybridized carbons (Fsp3) is 0.0714. The second-order valence-corrected chi connectivity index (χ2v) is 4.53. The number of aromatic nitrogens is 5. The van der Waals surface area contributed by atoms with E-state index >= 15 is 0 Å². The lowest BCUT2D eigenvalue weighted by atomic mass is 10.1. The highest BCUT2D eigenvalue weighted by Crippen LogP contribution is 2.27. The fourth-order valence-electron chi connectivity index (χ4n) is 2.33. The number of hydrogen-bond acceptors (Lipinski definition) is 3. The van der Waals surface area contributed by atoms with E-state index < -0.39 is 0 Å². The minimum absolute atomic E-state index is 0.629. The Balaban J connectivity index is 2.02. The van der Waals surface area contributed by atoms with Gasteiger partial charge in [-0.25, -0.2) is 4.98 Å². The number of H-pyrrole nitrogens is 2. The van der Waals surface area contributed by atoms with E-state index in [-0.39, 0.29) is 0 Å². The van der Waals surface area contributed by atoms with Gasteiger partial charge in [-0.1, -0.05) is 18.2 Å². The molecular formula is C14H11N5. The van der Waals surface area contributed by atoms with Gasteiger partial charge in [0.25, 0.3) is 0 Å². The summed E-state index contributed by atoms with van der Waals surface area (Å²) in [6.45, 7) is 1.88. The normalized spacial score (nSPS) is 11.4. The predicted octanol–water partition coefficient (Wildman–Crippen LogP) is 2.81. The summed E-state index contributed by atoms with van der Waals surface area (Å²) in [6.07, 6.45) is 1.83. The Morgan fingerprint density at radius 2 is 1.95 bits per heavy atom. The molecule has 19 heavy (non-hydrogen) atoms. The second-order valence-electron chi connectivity index (χ2n) is 4.53. The van der Waals surface area contributed by atoms with Crippen LogP contribution < -0.4 is 0 Å². The Kier molecular flexibility index (Phi) is 1.97. The minimum atomic E-state index is 0.629. The molecule has 0 radical (unpaired) electrons. The summed E-state index contributed by atoms with van der Waals surface area (Å²) < 4.78 is 0. The largest absolute Gasteiger partial charge is 0.353 e. The summed E-state index contributed by atoms with van der Waals surface area (Å²) in [4.78, 5) is 12.1. The standard InChI is InChI=1S/C14H11N5/c1-8-16-14(19-18-8)12-6-10-9-4-2-3-5-11(9)17-13(10)7-15-12/h2-7,17H,1H3,(H,16,18,19). The second kappa shape index (κ2) is 3.65. The van der Waals surface area contributed by atoms with Gasteiger partial charge in [-0.2, -0.15) is 5.10 Å². The summed E-state index contributed by atoms with van der Waals surface area (Å²) in [5.41, 5.74) is 2.92. The van der Waals surface area contributed by atoms with Crippen LogP contribution in [0.4, 0.5) is 0 Å². The lowest BCUT2D eigenvalue weighted by Crippen LogP contribution is -1.85. The van der Waals surface area contributed by atoms with Crippen LogP contribution in [0, 0.1) is 6.92 Å². The SMILES string of the molecule is Cc1nc(-c2cc3c(cn2)[nH]c2ccccc23)n[nH]1. The van der Waals surface area contributed by atoms with Crippen LogP contribution in [0.15, 0.2) is 36.5 Å². The molecule has 5 heteroatoms. The summed E-state index contributed by atoms with van der Waals surface area (Å²) in [7, 11) is 0. The summed E-state index contributed by atoms with van der Waals surface area (Å²) in [6, 6.07) is 10.2. The molecule has 3 heterocycles. The molecule has 0 amide bonds. The monoisotopic (exact) mass is 249 g/mol. The molecule has 0 saturated carbocycles. The van der Waals surface area contributed by atoms with Crippen molar-refractivity contribution in [3.63, 3.8) is 0 Å². The lowest BCUT2D eigenvalue weighted by molar-refractivity contribution is 1.04. The Bertz CT molecular complexity index is 887. The summed E-state index contributed by atoms with van der Waals surface area (Å²) in [5.74, 6) is 1.42. The van der Waals surface area contributed by atoms with Crippen molar-refractivity contribution in [2.75, 3.05) is 0 Å². The van der Waals surface area contributed by atoms with Crippen LogP contribution in [0.3, 0.4) is 0 Å². The number of fused-ring (bicyclic) bond motifs is 3. The Labute approximate surface area is 108 Å². The molecule has 5 nitrogen and oxygen atoms in total. The third-order valence-electron chi connectivity index (χ3n) is 3.22. The molecule has 4 rings (SSSR count). The van der Waals surface area contributed by atoms with Crippen molar-refractivity contribution < 1.29 is 0 Å².